The van der Waals surface area contributed by atoms with Crippen LogP contribution in [0.25, 0.3) is 17.0 Å². The Hall–Kier alpha value is -2.81. The second-order valence-corrected chi connectivity index (χ2v) is 8.46. The Balaban J connectivity index is 1.62. The summed E-state index contributed by atoms with van der Waals surface area (Å²) in [5.41, 5.74) is 1.93. The smallest absolute Gasteiger partial charge is 0.265 e. The van der Waals surface area contributed by atoms with Crippen molar-refractivity contribution in [2.24, 2.45) is 0 Å². The van der Waals surface area contributed by atoms with Crippen LogP contribution < -0.4 is 9.46 Å². The normalized spacial score (nSPS) is 11.6. The molecule has 0 aliphatic carbocycles. The van der Waals surface area contributed by atoms with Crippen molar-refractivity contribution in [3.8, 4) is 17.0 Å². The van der Waals surface area contributed by atoms with Crippen molar-refractivity contribution in [1.82, 2.24) is 14.4 Å². The molecule has 4 aromatic rings. The minimum atomic E-state index is -3.94. The molecule has 29 heavy (non-hydrogen) atoms. The molecule has 0 unspecified atom stereocenters. The predicted octanol–water partition coefficient (Wildman–Crippen LogP) is 4.51. The van der Waals surface area contributed by atoms with Crippen LogP contribution in [0.15, 0.2) is 66.0 Å². The number of halogens is 2. The van der Waals surface area contributed by atoms with Crippen molar-refractivity contribution in [2.75, 3.05) is 11.8 Å². The summed E-state index contributed by atoms with van der Waals surface area (Å²) in [4.78, 5) is 8.52. The van der Waals surface area contributed by atoms with E-state index in [1.165, 1.54) is 19.2 Å². The van der Waals surface area contributed by atoms with Crippen LogP contribution in [0.5, 0.6) is 5.75 Å². The van der Waals surface area contributed by atoms with Crippen molar-refractivity contribution in [3.63, 3.8) is 0 Å². The first-order valence-electron chi connectivity index (χ1n) is 8.34. The molecule has 2 aromatic carbocycles. The van der Waals surface area contributed by atoms with Crippen molar-refractivity contribution in [2.45, 2.75) is 4.90 Å². The zero-order valence-corrected chi connectivity index (χ0v) is 17.3. The molecular formula is C19H14Cl2N4O3S. The van der Waals surface area contributed by atoms with Crippen LogP contribution in [0.4, 0.5) is 5.69 Å². The molecule has 4 rings (SSSR count). The number of aromatic nitrogens is 3. The van der Waals surface area contributed by atoms with Crippen LogP contribution in [0.3, 0.4) is 0 Å². The lowest BCUT2D eigenvalue weighted by atomic mass is 10.1. The molecule has 1 N–H and O–H groups in total. The molecule has 0 radical (unpaired) electrons. The summed E-state index contributed by atoms with van der Waals surface area (Å²) < 4.78 is 35.1. The Labute approximate surface area is 176 Å². The molecule has 2 heterocycles. The molecule has 0 spiro atoms. The summed E-state index contributed by atoms with van der Waals surface area (Å²) in [6.45, 7) is 0. The van der Waals surface area contributed by atoms with E-state index in [0.29, 0.717) is 11.5 Å². The maximum absolute atomic E-state index is 12.8. The minimum absolute atomic E-state index is 0.0134. The molecule has 0 aliphatic heterocycles. The summed E-state index contributed by atoms with van der Waals surface area (Å²) in [6.07, 6.45) is 5.37. The monoisotopic (exact) mass is 448 g/mol. The summed E-state index contributed by atoms with van der Waals surface area (Å²) in [7, 11) is -2.61. The van der Waals surface area contributed by atoms with E-state index in [1.54, 1.807) is 30.5 Å². The molecule has 0 saturated heterocycles. The summed E-state index contributed by atoms with van der Waals surface area (Å²) in [5, 5.41) is 0.238. The highest BCUT2D eigenvalue weighted by Gasteiger charge is 2.23. The number of methoxy groups -OCH3 is 1. The number of hydrogen-bond acceptors (Lipinski definition) is 5. The van der Waals surface area contributed by atoms with Crippen LogP contribution in [-0.4, -0.2) is 29.9 Å². The average Bonchev–Trinajstić information content (AvgIpc) is 3.14. The standard InChI is InChI=1S/C19H14Cl2N4O3S/c1-28-18-16(8-7-14(20)17(18)21)29(26,27)24-13-5-3-12(4-6-13)15-11-25-10-2-9-22-19(25)23-15/h2-11,24H,1H3. The van der Waals surface area contributed by atoms with Crippen molar-refractivity contribution in [3.05, 3.63) is 71.1 Å². The molecule has 0 bridgehead atoms. The van der Waals surface area contributed by atoms with E-state index in [0.717, 1.165) is 11.3 Å². The lowest BCUT2D eigenvalue weighted by Crippen LogP contribution is -2.14. The third kappa shape index (κ3) is 3.74. The second kappa shape index (κ2) is 7.55. The van der Waals surface area contributed by atoms with Crippen molar-refractivity contribution in [1.29, 1.82) is 0 Å². The average molecular weight is 449 g/mol. The number of fused-ring (bicyclic) bond motifs is 1. The van der Waals surface area contributed by atoms with E-state index in [2.05, 4.69) is 14.7 Å². The Morgan fingerprint density at radius 2 is 1.86 bits per heavy atom. The molecule has 0 amide bonds. The van der Waals surface area contributed by atoms with Gasteiger partial charge in [0.2, 0.25) is 5.78 Å². The quantitative estimate of drug-likeness (QED) is 0.485. The van der Waals surface area contributed by atoms with Crippen LogP contribution in [0, 0.1) is 0 Å². The number of imidazole rings is 1. The molecule has 0 aliphatic rings. The lowest BCUT2D eigenvalue weighted by Gasteiger charge is -2.13. The zero-order chi connectivity index (χ0) is 20.6. The van der Waals surface area contributed by atoms with Gasteiger partial charge in [-0.1, -0.05) is 35.3 Å². The number of anilines is 1. The first-order valence-corrected chi connectivity index (χ1v) is 10.6. The number of nitrogens with zero attached hydrogens (tertiary/aromatic N) is 3. The Kier molecular flexibility index (Phi) is 5.08. The third-order valence-electron chi connectivity index (χ3n) is 4.18. The second-order valence-electron chi connectivity index (χ2n) is 6.03. The molecule has 0 fully saturated rings. The number of rotatable bonds is 5. The first kappa shape index (κ1) is 19.5. The predicted molar refractivity (Wildman–Crippen MR) is 112 cm³/mol. The SMILES string of the molecule is COc1c(S(=O)(=O)Nc2ccc(-c3cn4cccnc4n3)cc2)ccc(Cl)c1Cl. The third-order valence-corrected chi connectivity index (χ3v) is 6.37. The van der Waals surface area contributed by atoms with Gasteiger partial charge >= 0.3 is 0 Å². The van der Waals surface area contributed by atoms with E-state index in [9.17, 15) is 8.42 Å². The molecule has 2 aromatic heterocycles. The summed E-state index contributed by atoms with van der Waals surface area (Å²) in [5.74, 6) is 0.569. The summed E-state index contributed by atoms with van der Waals surface area (Å²) in [6, 6.07) is 11.4. The van der Waals surface area contributed by atoms with Gasteiger partial charge in [0.1, 0.15) is 9.92 Å². The van der Waals surface area contributed by atoms with Crippen LogP contribution in [-0.2, 0) is 10.0 Å². The van der Waals surface area contributed by atoms with Gasteiger partial charge in [0, 0.05) is 29.8 Å². The zero-order valence-electron chi connectivity index (χ0n) is 15.0. The maximum atomic E-state index is 12.8. The van der Waals surface area contributed by atoms with Gasteiger partial charge < -0.3 is 4.74 Å². The molecule has 10 heteroatoms. The fourth-order valence-corrected chi connectivity index (χ4v) is 4.48. The van der Waals surface area contributed by atoms with E-state index in [4.69, 9.17) is 27.9 Å². The van der Waals surface area contributed by atoms with Crippen LogP contribution >= 0.6 is 23.2 Å². The van der Waals surface area contributed by atoms with Crippen molar-refractivity contribution < 1.29 is 13.2 Å². The largest absolute Gasteiger partial charge is 0.494 e. The number of nitrogens with one attached hydrogen (secondary N) is 1. The molecule has 148 valence electrons. The summed E-state index contributed by atoms with van der Waals surface area (Å²) >= 11 is 12.0. The van der Waals surface area contributed by atoms with Gasteiger partial charge in [-0.3, -0.25) is 9.12 Å². The van der Waals surface area contributed by atoms with E-state index < -0.39 is 10.0 Å². The maximum Gasteiger partial charge on any atom is 0.265 e. The highest BCUT2D eigenvalue weighted by Crippen LogP contribution is 2.38. The van der Waals surface area contributed by atoms with E-state index in [-0.39, 0.29) is 20.7 Å². The van der Waals surface area contributed by atoms with Crippen molar-refractivity contribution >= 4 is 44.7 Å². The van der Waals surface area contributed by atoms with Gasteiger partial charge in [-0.05, 0) is 30.3 Å². The Morgan fingerprint density at radius 3 is 2.55 bits per heavy atom. The molecular weight excluding hydrogens is 435 g/mol. The van der Waals surface area contributed by atoms with Gasteiger partial charge in [0.05, 0.1) is 17.8 Å². The van der Waals surface area contributed by atoms with Gasteiger partial charge in [-0.25, -0.2) is 18.4 Å². The van der Waals surface area contributed by atoms with E-state index in [1.807, 2.05) is 22.9 Å². The molecule has 7 nitrogen and oxygen atoms in total. The van der Waals surface area contributed by atoms with Crippen LogP contribution in [0.2, 0.25) is 10.0 Å². The fraction of sp³-hybridized carbons (Fsp3) is 0.0526. The first-order chi connectivity index (χ1) is 13.9. The molecule has 0 saturated carbocycles. The van der Waals surface area contributed by atoms with E-state index >= 15 is 0 Å². The van der Waals surface area contributed by atoms with Gasteiger partial charge in [0.15, 0.2) is 5.75 Å². The lowest BCUT2D eigenvalue weighted by molar-refractivity contribution is 0.403. The topological polar surface area (TPSA) is 85.6 Å². The highest BCUT2D eigenvalue weighted by atomic mass is 35.5. The fourth-order valence-electron chi connectivity index (χ4n) is 2.80. The van der Waals surface area contributed by atoms with Crippen LogP contribution in [0.1, 0.15) is 0 Å². The number of ether oxygens (including phenoxy) is 1. The van der Waals surface area contributed by atoms with Gasteiger partial charge in [-0.2, -0.15) is 0 Å². The number of hydrogen-bond donors (Lipinski definition) is 1. The minimum Gasteiger partial charge on any atom is -0.494 e. The number of sulfonamides is 1. The van der Waals surface area contributed by atoms with Gasteiger partial charge in [-0.15, -0.1) is 0 Å². The van der Waals surface area contributed by atoms with Gasteiger partial charge in [0.25, 0.3) is 10.0 Å². The molecule has 0 atom stereocenters. The highest BCUT2D eigenvalue weighted by molar-refractivity contribution is 7.92. The number of benzene rings is 2. The Morgan fingerprint density at radius 1 is 1.10 bits per heavy atom. The Bertz CT molecular complexity index is 1270.